The number of carboxylic acid groups (broad SMARTS) is 1. The lowest BCUT2D eigenvalue weighted by Crippen LogP contribution is -2.41. The van der Waals surface area contributed by atoms with E-state index in [0.29, 0.717) is 90.3 Å². The second-order valence-corrected chi connectivity index (χ2v) is 12.0. The summed E-state index contributed by atoms with van der Waals surface area (Å²) in [4.78, 5) is 49.2. The Kier molecular flexibility index (Phi) is 20.1. The van der Waals surface area contributed by atoms with Crippen molar-refractivity contribution in [2.75, 3.05) is 78.2 Å². The predicted octanol–water partition coefficient (Wildman–Crippen LogP) is 0.716. The van der Waals surface area contributed by atoms with Crippen LogP contribution in [0.25, 0.3) is 0 Å². The highest BCUT2D eigenvalue weighted by molar-refractivity contribution is 8.00. The van der Waals surface area contributed by atoms with Gasteiger partial charge in [-0.15, -0.1) is 0 Å². The van der Waals surface area contributed by atoms with Gasteiger partial charge in [-0.1, -0.05) is 6.42 Å². The standard InChI is InChI=1S/C29H53N5O9S/c1-2-34-27-23(33-29(34)39)21-44-24(27)8-3-4-9-25(35)31-12-14-41-16-18-43-20-19-42-17-15-40-13-10-26(36)32-22(28(37)38)7-5-6-11-30/h22-24,27H,2-21,30H2,1H3,(H,31,35)(H,32,36)(H,33,39)(H,37,38). The van der Waals surface area contributed by atoms with E-state index in [1.807, 2.05) is 23.6 Å². The summed E-state index contributed by atoms with van der Waals surface area (Å²) in [6.07, 6.45) is 5.10. The SMILES string of the molecule is CCN1C(=O)NC2CSC(CCCCC(=O)NCCOCCOCCOCCOCCC(=O)NC(CCCCN)C(=O)O)C21. The zero-order chi connectivity index (χ0) is 32.0. The second kappa shape index (κ2) is 23.2. The van der Waals surface area contributed by atoms with Gasteiger partial charge in [0.15, 0.2) is 0 Å². The van der Waals surface area contributed by atoms with Crippen LogP contribution in [0, 0.1) is 0 Å². The molecular weight excluding hydrogens is 594 g/mol. The minimum Gasteiger partial charge on any atom is -0.480 e. The van der Waals surface area contributed by atoms with E-state index in [4.69, 9.17) is 24.7 Å². The van der Waals surface area contributed by atoms with Gasteiger partial charge in [0.2, 0.25) is 11.8 Å². The molecule has 4 atom stereocenters. The number of likely N-dealkylation sites (N-methyl/N-ethyl adjacent to an activating group) is 1. The van der Waals surface area contributed by atoms with E-state index in [1.54, 1.807) is 0 Å². The van der Waals surface area contributed by atoms with E-state index in [1.165, 1.54) is 0 Å². The van der Waals surface area contributed by atoms with Crippen molar-refractivity contribution < 1.29 is 43.2 Å². The van der Waals surface area contributed by atoms with Crippen molar-refractivity contribution in [3.63, 3.8) is 0 Å². The molecule has 254 valence electrons. The van der Waals surface area contributed by atoms with Gasteiger partial charge in [-0.05, 0) is 45.6 Å². The molecule has 2 fully saturated rings. The molecule has 2 aliphatic rings. The zero-order valence-corrected chi connectivity index (χ0v) is 26.9. The predicted molar refractivity (Wildman–Crippen MR) is 167 cm³/mol. The van der Waals surface area contributed by atoms with Gasteiger partial charge in [-0.3, -0.25) is 9.59 Å². The summed E-state index contributed by atoms with van der Waals surface area (Å²) >= 11 is 1.93. The minimum atomic E-state index is -1.05. The number of nitrogens with one attached hydrogen (secondary N) is 3. The molecule has 2 aliphatic heterocycles. The number of carboxylic acids is 1. The summed E-state index contributed by atoms with van der Waals surface area (Å²) in [5, 5.41) is 18.1. The summed E-state index contributed by atoms with van der Waals surface area (Å²) in [5.41, 5.74) is 5.41. The fourth-order valence-electron chi connectivity index (χ4n) is 5.14. The Hall–Kier alpha value is -2.17. The molecule has 44 heavy (non-hydrogen) atoms. The Bertz CT molecular complexity index is 856. The number of thioether (sulfide) groups is 1. The molecule has 0 aromatic heterocycles. The van der Waals surface area contributed by atoms with Crippen LogP contribution < -0.4 is 21.7 Å². The highest BCUT2D eigenvalue weighted by atomic mass is 32.2. The van der Waals surface area contributed by atoms with Crippen molar-refractivity contribution in [2.45, 2.75) is 81.7 Å². The van der Waals surface area contributed by atoms with Crippen LogP contribution in [0.15, 0.2) is 0 Å². The first-order valence-corrected chi connectivity index (χ1v) is 16.9. The van der Waals surface area contributed by atoms with E-state index >= 15 is 0 Å². The van der Waals surface area contributed by atoms with Crippen LogP contribution in [0.1, 0.15) is 58.3 Å². The van der Waals surface area contributed by atoms with Gasteiger partial charge in [0.25, 0.3) is 0 Å². The van der Waals surface area contributed by atoms with Crippen molar-refractivity contribution >= 4 is 35.6 Å². The topological polar surface area (TPSA) is 191 Å². The molecule has 4 amide bonds. The number of rotatable bonds is 27. The molecule has 0 aliphatic carbocycles. The smallest absolute Gasteiger partial charge is 0.326 e. The van der Waals surface area contributed by atoms with Gasteiger partial charge < -0.3 is 50.6 Å². The van der Waals surface area contributed by atoms with Gasteiger partial charge in [0.1, 0.15) is 6.04 Å². The maximum absolute atomic E-state index is 12.1. The van der Waals surface area contributed by atoms with Crippen LogP contribution in [-0.4, -0.2) is 135 Å². The number of amides is 4. The monoisotopic (exact) mass is 647 g/mol. The molecule has 0 aromatic carbocycles. The van der Waals surface area contributed by atoms with Crippen LogP contribution in [0.3, 0.4) is 0 Å². The molecule has 0 bridgehead atoms. The van der Waals surface area contributed by atoms with Crippen molar-refractivity contribution in [3.8, 4) is 0 Å². The fourth-order valence-corrected chi connectivity index (χ4v) is 6.74. The van der Waals surface area contributed by atoms with E-state index in [9.17, 15) is 24.3 Å². The fraction of sp³-hybridized carbons (Fsp3) is 0.862. The molecule has 2 rings (SSSR count). The third-order valence-electron chi connectivity index (χ3n) is 7.43. The molecule has 0 spiro atoms. The number of unbranched alkanes of at least 4 members (excludes halogenated alkanes) is 2. The van der Waals surface area contributed by atoms with E-state index in [0.717, 1.165) is 31.6 Å². The largest absolute Gasteiger partial charge is 0.480 e. The molecule has 2 saturated heterocycles. The highest BCUT2D eigenvalue weighted by Crippen LogP contribution is 2.37. The Labute approximate surface area is 265 Å². The lowest BCUT2D eigenvalue weighted by molar-refractivity contribution is -0.142. The Morgan fingerprint density at radius 3 is 2.25 bits per heavy atom. The lowest BCUT2D eigenvalue weighted by atomic mass is 10.0. The number of ether oxygens (including phenoxy) is 4. The molecule has 0 saturated carbocycles. The molecule has 0 aromatic rings. The maximum atomic E-state index is 12.1. The average molecular weight is 648 g/mol. The van der Waals surface area contributed by atoms with E-state index in [2.05, 4.69) is 16.0 Å². The minimum absolute atomic E-state index is 0.0278. The number of nitrogens with zero attached hydrogens (tertiary/aromatic N) is 1. The Morgan fingerprint density at radius 2 is 1.61 bits per heavy atom. The van der Waals surface area contributed by atoms with Gasteiger partial charge in [-0.25, -0.2) is 9.59 Å². The summed E-state index contributed by atoms with van der Waals surface area (Å²) in [5.74, 6) is -0.421. The summed E-state index contributed by atoms with van der Waals surface area (Å²) < 4.78 is 21.7. The van der Waals surface area contributed by atoms with Crippen molar-refractivity contribution in [2.24, 2.45) is 5.73 Å². The molecule has 4 unspecified atom stereocenters. The van der Waals surface area contributed by atoms with Crippen LogP contribution in [0.4, 0.5) is 4.79 Å². The van der Waals surface area contributed by atoms with E-state index in [-0.39, 0.29) is 43.0 Å². The van der Waals surface area contributed by atoms with Gasteiger partial charge in [0, 0.05) is 36.9 Å². The summed E-state index contributed by atoms with van der Waals surface area (Å²) in [6, 6.07) is -0.323. The van der Waals surface area contributed by atoms with Crippen LogP contribution in [-0.2, 0) is 33.3 Å². The van der Waals surface area contributed by atoms with Gasteiger partial charge in [-0.2, -0.15) is 11.8 Å². The number of hydrogen-bond donors (Lipinski definition) is 5. The average Bonchev–Trinajstić information content (AvgIpc) is 3.53. The Balaban J connectivity index is 1.31. The van der Waals surface area contributed by atoms with E-state index < -0.39 is 12.0 Å². The summed E-state index contributed by atoms with van der Waals surface area (Å²) in [6.45, 7) is 6.62. The molecule has 2 heterocycles. The number of nitrogens with two attached hydrogens (primary N) is 1. The number of aliphatic carboxylic acids is 1. The van der Waals surface area contributed by atoms with Crippen LogP contribution >= 0.6 is 11.8 Å². The molecule has 0 radical (unpaired) electrons. The number of hydrogen-bond acceptors (Lipinski definition) is 10. The van der Waals surface area contributed by atoms with Crippen molar-refractivity contribution in [1.29, 1.82) is 0 Å². The summed E-state index contributed by atoms with van der Waals surface area (Å²) in [7, 11) is 0. The van der Waals surface area contributed by atoms with Crippen molar-refractivity contribution in [3.05, 3.63) is 0 Å². The van der Waals surface area contributed by atoms with Crippen LogP contribution in [0.2, 0.25) is 0 Å². The molecule has 14 nitrogen and oxygen atoms in total. The highest BCUT2D eigenvalue weighted by Gasteiger charge is 2.47. The normalized spacial score (nSPS) is 19.9. The lowest BCUT2D eigenvalue weighted by Gasteiger charge is -2.26. The molecular formula is C29H53N5O9S. The number of urea groups is 1. The zero-order valence-electron chi connectivity index (χ0n) is 26.1. The van der Waals surface area contributed by atoms with Crippen LogP contribution in [0.5, 0.6) is 0 Å². The molecule has 6 N–H and O–H groups in total. The first kappa shape index (κ1) is 38.0. The van der Waals surface area contributed by atoms with Gasteiger partial charge >= 0.3 is 12.0 Å². The second-order valence-electron chi connectivity index (χ2n) is 10.7. The number of carbonyl (C=O) groups is 4. The first-order valence-electron chi connectivity index (χ1n) is 15.9. The number of carbonyl (C=O) groups excluding carboxylic acids is 3. The third-order valence-corrected chi connectivity index (χ3v) is 8.93. The van der Waals surface area contributed by atoms with Gasteiger partial charge in [0.05, 0.1) is 64.9 Å². The molecule has 15 heteroatoms. The number of fused-ring (bicyclic) bond motifs is 1. The third kappa shape index (κ3) is 15.2. The van der Waals surface area contributed by atoms with Crippen molar-refractivity contribution in [1.82, 2.24) is 20.9 Å². The quantitative estimate of drug-likeness (QED) is 0.0624. The maximum Gasteiger partial charge on any atom is 0.326 e. The first-order chi connectivity index (χ1) is 21.4. The Morgan fingerprint density at radius 1 is 0.955 bits per heavy atom.